The number of hydrogen-bond donors (Lipinski definition) is 3. The first-order valence-corrected chi connectivity index (χ1v) is 4.98. The molecular weight excluding hydrogens is 196 g/mol. The molecule has 2 amide bonds. The third-order valence-corrected chi connectivity index (χ3v) is 2.10. The summed E-state index contributed by atoms with van der Waals surface area (Å²) >= 11 is 0. The molecule has 0 radical (unpaired) electrons. The lowest BCUT2D eigenvalue weighted by atomic mass is 10.2. The van der Waals surface area contributed by atoms with Gasteiger partial charge in [-0.3, -0.25) is 15.0 Å². The molecule has 4 N–H and O–H groups in total. The van der Waals surface area contributed by atoms with Gasteiger partial charge in [0.2, 0.25) is 11.8 Å². The van der Waals surface area contributed by atoms with Crippen LogP contribution >= 0.6 is 0 Å². The highest BCUT2D eigenvalue weighted by atomic mass is 16.2. The molecule has 0 rings (SSSR count). The fraction of sp³-hybridized carbons (Fsp3) is 0.778. The van der Waals surface area contributed by atoms with Gasteiger partial charge < -0.3 is 10.2 Å². The number of hydrogen-bond acceptors (Lipinski definition) is 4. The molecule has 0 aromatic rings. The van der Waals surface area contributed by atoms with Crippen LogP contribution in [-0.2, 0) is 9.59 Å². The van der Waals surface area contributed by atoms with Crippen LogP contribution in [0.4, 0.5) is 0 Å². The minimum absolute atomic E-state index is 0.0292. The van der Waals surface area contributed by atoms with Crippen molar-refractivity contribution in [2.24, 2.45) is 5.84 Å². The summed E-state index contributed by atoms with van der Waals surface area (Å²) in [5.74, 6) is 4.81. The molecule has 0 fully saturated rings. The Bertz CT molecular complexity index is 208. The van der Waals surface area contributed by atoms with Crippen LogP contribution in [0.2, 0.25) is 0 Å². The molecule has 6 heteroatoms. The average molecular weight is 216 g/mol. The summed E-state index contributed by atoms with van der Waals surface area (Å²) in [5.41, 5.74) is 2.08. The summed E-state index contributed by atoms with van der Waals surface area (Å²) in [4.78, 5) is 23.7. The van der Waals surface area contributed by atoms with Crippen molar-refractivity contribution in [3.8, 4) is 0 Å². The van der Waals surface area contributed by atoms with Crippen molar-refractivity contribution in [1.82, 2.24) is 15.6 Å². The zero-order chi connectivity index (χ0) is 11.7. The lowest BCUT2D eigenvalue weighted by Crippen LogP contribution is -2.31. The van der Waals surface area contributed by atoms with E-state index in [0.29, 0.717) is 19.4 Å². The first-order chi connectivity index (χ1) is 7.10. The molecule has 0 atom stereocenters. The zero-order valence-corrected chi connectivity index (χ0v) is 9.38. The van der Waals surface area contributed by atoms with Gasteiger partial charge in [0.1, 0.15) is 0 Å². The maximum absolute atomic E-state index is 10.9. The van der Waals surface area contributed by atoms with Gasteiger partial charge in [-0.15, -0.1) is 0 Å². The number of rotatable bonds is 7. The Morgan fingerprint density at radius 1 is 1.20 bits per heavy atom. The number of hydrazine groups is 1. The molecule has 0 saturated carbocycles. The number of carbonyl (C=O) groups is 2. The normalized spacial score (nSPS) is 10.1. The van der Waals surface area contributed by atoms with E-state index >= 15 is 0 Å². The SMILES string of the molecule is CNC(=O)CCN(C)CCCC(=O)NN. The molecule has 0 aliphatic heterocycles. The van der Waals surface area contributed by atoms with E-state index in [1.165, 1.54) is 0 Å². The van der Waals surface area contributed by atoms with Gasteiger partial charge >= 0.3 is 0 Å². The molecule has 0 aliphatic carbocycles. The summed E-state index contributed by atoms with van der Waals surface area (Å²) in [5, 5.41) is 2.56. The summed E-state index contributed by atoms with van der Waals surface area (Å²) in [6, 6.07) is 0. The summed E-state index contributed by atoms with van der Waals surface area (Å²) in [6.45, 7) is 1.48. The standard InChI is InChI=1S/C9H20N4O2/c1-11-8(14)5-7-13(2)6-3-4-9(15)12-10/h3-7,10H2,1-2H3,(H,11,14)(H,12,15). The van der Waals surface area contributed by atoms with Gasteiger partial charge in [0.05, 0.1) is 0 Å². The maximum atomic E-state index is 10.9. The summed E-state index contributed by atoms with van der Waals surface area (Å²) in [7, 11) is 3.54. The van der Waals surface area contributed by atoms with Gasteiger partial charge in [0.25, 0.3) is 0 Å². The molecule has 15 heavy (non-hydrogen) atoms. The van der Waals surface area contributed by atoms with Crippen LogP contribution < -0.4 is 16.6 Å². The summed E-state index contributed by atoms with van der Waals surface area (Å²) in [6.07, 6.45) is 1.64. The van der Waals surface area contributed by atoms with Crippen molar-refractivity contribution in [3.05, 3.63) is 0 Å². The third-order valence-electron chi connectivity index (χ3n) is 2.10. The first kappa shape index (κ1) is 13.9. The van der Waals surface area contributed by atoms with Crippen LogP contribution in [-0.4, -0.2) is 43.9 Å². The smallest absolute Gasteiger partial charge is 0.233 e. The van der Waals surface area contributed by atoms with Crippen LogP contribution in [0.5, 0.6) is 0 Å². The van der Waals surface area contributed by atoms with E-state index in [-0.39, 0.29) is 11.8 Å². The molecule has 6 nitrogen and oxygen atoms in total. The van der Waals surface area contributed by atoms with Crippen molar-refractivity contribution < 1.29 is 9.59 Å². The Morgan fingerprint density at radius 2 is 1.87 bits per heavy atom. The van der Waals surface area contributed by atoms with Gasteiger partial charge in [0, 0.05) is 26.4 Å². The van der Waals surface area contributed by atoms with E-state index < -0.39 is 0 Å². The second kappa shape index (κ2) is 8.19. The highest BCUT2D eigenvalue weighted by Crippen LogP contribution is 1.94. The van der Waals surface area contributed by atoms with E-state index in [2.05, 4.69) is 10.7 Å². The van der Waals surface area contributed by atoms with Crippen LogP contribution in [0.3, 0.4) is 0 Å². The fourth-order valence-electron chi connectivity index (χ4n) is 1.11. The predicted molar refractivity (Wildman–Crippen MR) is 57.7 cm³/mol. The number of carbonyl (C=O) groups excluding carboxylic acids is 2. The van der Waals surface area contributed by atoms with E-state index in [9.17, 15) is 9.59 Å². The van der Waals surface area contributed by atoms with E-state index in [0.717, 1.165) is 13.0 Å². The molecule has 0 spiro atoms. The number of nitrogens with zero attached hydrogens (tertiary/aromatic N) is 1. The van der Waals surface area contributed by atoms with E-state index in [1.54, 1.807) is 7.05 Å². The monoisotopic (exact) mass is 216 g/mol. The van der Waals surface area contributed by atoms with Gasteiger partial charge in [-0.25, -0.2) is 5.84 Å². The number of nitrogens with two attached hydrogens (primary N) is 1. The lowest BCUT2D eigenvalue weighted by molar-refractivity contribution is -0.122. The second-order valence-corrected chi connectivity index (χ2v) is 3.40. The molecule has 0 saturated heterocycles. The molecule has 0 aromatic carbocycles. The first-order valence-electron chi connectivity index (χ1n) is 4.98. The predicted octanol–water partition coefficient (Wildman–Crippen LogP) is -1.18. The van der Waals surface area contributed by atoms with Crippen molar-refractivity contribution in [3.63, 3.8) is 0 Å². The molecule has 88 valence electrons. The van der Waals surface area contributed by atoms with E-state index in [1.807, 2.05) is 11.9 Å². The average Bonchev–Trinajstić information content (AvgIpc) is 2.25. The fourth-order valence-corrected chi connectivity index (χ4v) is 1.11. The Hall–Kier alpha value is -1.14. The zero-order valence-electron chi connectivity index (χ0n) is 9.38. The Kier molecular flexibility index (Phi) is 7.57. The van der Waals surface area contributed by atoms with Crippen molar-refractivity contribution in [2.75, 3.05) is 27.2 Å². The third kappa shape index (κ3) is 7.90. The van der Waals surface area contributed by atoms with E-state index in [4.69, 9.17) is 5.84 Å². The molecule has 0 aliphatic rings. The highest BCUT2D eigenvalue weighted by molar-refractivity contribution is 5.75. The quantitative estimate of drug-likeness (QED) is 0.284. The Morgan fingerprint density at radius 3 is 2.40 bits per heavy atom. The number of nitrogens with one attached hydrogen (secondary N) is 2. The number of amides is 2. The van der Waals surface area contributed by atoms with Crippen LogP contribution in [0.25, 0.3) is 0 Å². The Balaban J connectivity index is 3.45. The van der Waals surface area contributed by atoms with Gasteiger partial charge in [-0.2, -0.15) is 0 Å². The molecule has 0 unspecified atom stereocenters. The summed E-state index contributed by atoms with van der Waals surface area (Å²) < 4.78 is 0. The Labute approximate surface area is 90.2 Å². The van der Waals surface area contributed by atoms with Gasteiger partial charge in [-0.1, -0.05) is 0 Å². The molecule has 0 aromatic heterocycles. The topological polar surface area (TPSA) is 87.5 Å². The maximum Gasteiger partial charge on any atom is 0.233 e. The minimum atomic E-state index is -0.158. The lowest BCUT2D eigenvalue weighted by Gasteiger charge is -2.15. The van der Waals surface area contributed by atoms with Crippen LogP contribution in [0, 0.1) is 0 Å². The van der Waals surface area contributed by atoms with Crippen LogP contribution in [0.15, 0.2) is 0 Å². The minimum Gasteiger partial charge on any atom is -0.359 e. The largest absolute Gasteiger partial charge is 0.359 e. The van der Waals surface area contributed by atoms with Gasteiger partial charge in [-0.05, 0) is 20.0 Å². The van der Waals surface area contributed by atoms with Crippen LogP contribution in [0.1, 0.15) is 19.3 Å². The van der Waals surface area contributed by atoms with Gasteiger partial charge in [0.15, 0.2) is 0 Å². The molecular formula is C9H20N4O2. The molecule has 0 bridgehead atoms. The molecule has 0 heterocycles. The van der Waals surface area contributed by atoms with Crippen molar-refractivity contribution >= 4 is 11.8 Å². The highest BCUT2D eigenvalue weighted by Gasteiger charge is 2.04. The second-order valence-electron chi connectivity index (χ2n) is 3.40. The van der Waals surface area contributed by atoms with Crippen molar-refractivity contribution in [2.45, 2.75) is 19.3 Å². The van der Waals surface area contributed by atoms with Crippen molar-refractivity contribution in [1.29, 1.82) is 0 Å².